The lowest BCUT2D eigenvalue weighted by Crippen LogP contribution is -2.42. The number of piperidine rings is 1. The van der Waals surface area contributed by atoms with Gasteiger partial charge in [-0.2, -0.15) is 4.98 Å². The molecule has 1 saturated heterocycles. The number of nitrogens with zero attached hydrogens (tertiary/aromatic N) is 4. The molecule has 0 bridgehead atoms. The zero-order valence-corrected chi connectivity index (χ0v) is 27.6. The highest BCUT2D eigenvalue weighted by Gasteiger charge is 2.36. The van der Waals surface area contributed by atoms with E-state index in [2.05, 4.69) is 69.9 Å². The molecule has 4 N–H and O–H groups in total. The van der Waals surface area contributed by atoms with Crippen molar-refractivity contribution in [2.45, 2.75) is 43.9 Å². The highest BCUT2D eigenvalue weighted by atomic mass is 79.9. The molecule has 1 aliphatic heterocycles. The van der Waals surface area contributed by atoms with Crippen molar-refractivity contribution >= 4 is 76.2 Å². The van der Waals surface area contributed by atoms with E-state index in [4.69, 9.17) is 0 Å². The second-order valence-corrected chi connectivity index (χ2v) is 15.8. The first kappa shape index (κ1) is 31.3. The third-order valence-electron chi connectivity index (χ3n) is 7.57. The van der Waals surface area contributed by atoms with Crippen LogP contribution in [0.4, 0.5) is 40.2 Å². The number of nitrogens with one attached hydrogen (secondary N) is 4. The normalized spacial score (nSPS) is 16.3. The monoisotopic (exact) mass is 692 g/mol. The number of halogens is 1. The van der Waals surface area contributed by atoms with Crippen molar-refractivity contribution < 1.29 is 16.8 Å². The highest BCUT2D eigenvalue weighted by Crippen LogP contribution is 2.35. The van der Waals surface area contributed by atoms with Crippen LogP contribution < -0.4 is 25.0 Å². The summed E-state index contributed by atoms with van der Waals surface area (Å²) in [5, 5.41) is 6.01. The van der Waals surface area contributed by atoms with Crippen LogP contribution in [0.15, 0.2) is 53.1 Å². The topological polar surface area (TPSA) is 149 Å². The maximum Gasteiger partial charge on any atom is 0.235 e. The van der Waals surface area contributed by atoms with Crippen LogP contribution in [0.25, 0.3) is 0 Å². The SMILES string of the molecule is CCS(=O)(=O)Nc1cc(Nc2ncc(Br)c(Nc3ccccc3NS(=O)(=O)C3CC3)n2)ccc1N1CCC(N(C)C)CC1. The lowest BCUT2D eigenvalue weighted by Gasteiger charge is -2.37. The summed E-state index contributed by atoms with van der Waals surface area (Å²) >= 11 is 3.47. The number of hydrogen-bond acceptors (Lipinski definition) is 10. The molecule has 3 aromatic rings. The first-order valence-electron chi connectivity index (χ1n) is 14.2. The molecule has 1 aliphatic carbocycles. The number of anilines is 7. The van der Waals surface area contributed by atoms with E-state index >= 15 is 0 Å². The van der Waals surface area contributed by atoms with Gasteiger partial charge in [-0.15, -0.1) is 0 Å². The van der Waals surface area contributed by atoms with Crippen LogP contribution in [-0.4, -0.2) is 75.9 Å². The van der Waals surface area contributed by atoms with Gasteiger partial charge in [-0.25, -0.2) is 21.8 Å². The van der Waals surface area contributed by atoms with E-state index in [-0.39, 0.29) is 17.0 Å². The Balaban J connectivity index is 1.37. The van der Waals surface area contributed by atoms with Crippen molar-refractivity contribution in [2.75, 3.05) is 57.9 Å². The van der Waals surface area contributed by atoms with Crippen LogP contribution in [0.3, 0.4) is 0 Å². The van der Waals surface area contributed by atoms with E-state index in [1.165, 1.54) is 0 Å². The molecule has 0 spiro atoms. The Kier molecular flexibility index (Phi) is 9.34. The number of hydrogen-bond donors (Lipinski definition) is 4. The van der Waals surface area contributed by atoms with Crippen LogP contribution in [-0.2, 0) is 20.0 Å². The molecule has 0 radical (unpaired) electrons. The van der Waals surface area contributed by atoms with Crippen molar-refractivity contribution in [3.05, 3.63) is 53.1 Å². The Morgan fingerprint density at radius 3 is 2.28 bits per heavy atom. The van der Waals surface area contributed by atoms with Gasteiger partial charge in [0.1, 0.15) is 5.82 Å². The van der Waals surface area contributed by atoms with Gasteiger partial charge in [0.15, 0.2) is 0 Å². The van der Waals surface area contributed by atoms with E-state index in [1.807, 2.05) is 12.1 Å². The van der Waals surface area contributed by atoms with E-state index in [9.17, 15) is 16.8 Å². The molecule has 2 aliphatic rings. The number of aromatic nitrogens is 2. The van der Waals surface area contributed by atoms with Crippen molar-refractivity contribution in [1.82, 2.24) is 14.9 Å². The van der Waals surface area contributed by atoms with Gasteiger partial charge in [-0.3, -0.25) is 9.44 Å². The molecule has 0 unspecified atom stereocenters. The van der Waals surface area contributed by atoms with Crippen molar-refractivity contribution in [3.8, 4) is 0 Å². The fraction of sp³-hybridized carbons (Fsp3) is 0.429. The van der Waals surface area contributed by atoms with E-state index in [1.54, 1.807) is 43.5 Å². The maximum absolute atomic E-state index is 12.6. The molecule has 1 saturated carbocycles. The molecule has 232 valence electrons. The highest BCUT2D eigenvalue weighted by molar-refractivity contribution is 9.10. The predicted molar refractivity (Wildman–Crippen MR) is 177 cm³/mol. The average molecular weight is 694 g/mol. The van der Waals surface area contributed by atoms with Crippen molar-refractivity contribution in [2.24, 2.45) is 0 Å². The Bertz CT molecular complexity index is 1680. The molecule has 0 atom stereocenters. The van der Waals surface area contributed by atoms with Gasteiger partial charge in [-0.1, -0.05) is 12.1 Å². The van der Waals surface area contributed by atoms with E-state index in [0.717, 1.165) is 31.6 Å². The molecule has 43 heavy (non-hydrogen) atoms. The van der Waals surface area contributed by atoms with Gasteiger partial charge in [-0.05, 0) is 93.0 Å². The minimum absolute atomic E-state index is 0.0457. The van der Waals surface area contributed by atoms with Crippen LogP contribution in [0.5, 0.6) is 0 Å². The van der Waals surface area contributed by atoms with Gasteiger partial charge in [0.25, 0.3) is 0 Å². The summed E-state index contributed by atoms with van der Waals surface area (Å²) in [4.78, 5) is 13.4. The Hall–Kier alpha value is -3.14. The molecule has 5 rings (SSSR count). The number of sulfonamides is 2. The fourth-order valence-electron chi connectivity index (χ4n) is 4.90. The Labute approximate surface area is 261 Å². The summed E-state index contributed by atoms with van der Waals surface area (Å²) in [6.45, 7) is 3.24. The van der Waals surface area contributed by atoms with Gasteiger partial charge >= 0.3 is 0 Å². The fourth-order valence-corrected chi connectivity index (χ4v) is 7.24. The molecular formula is C28H37BrN8O4S2. The standard InChI is InChI=1S/C28H37BrN8O4S2/c1-4-42(38,39)34-25-17-19(9-12-26(25)37-15-13-20(14-16-37)36(2)3)31-28-30-18-22(29)27(33-28)32-23-7-5-6-8-24(23)35-43(40,41)21-10-11-21/h5-9,12,17-18,20-21,34-35H,4,10-11,13-16H2,1-3H3,(H2,30,31,32,33). The third-order valence-corrected chi connectivity index (χ3v) is 11.3. The quantitative estimate of drug-likeness (QED) is 0.206. The second-order valence-electron chi connectivity index (χ2n) is 11.0. The van der Waals surface area contributed by atoms with E-state index < -0.39 is 20.0 Å². The molecule has 0 amide bonds. The first-order chi connectivity index (χ1) is 20.4. The molecule has 2 aromatic carbocycles. The van der Waals surface area contributed by atoms with Crippen LogP contribution in [0, 0.1) is 0 Å². The number of benzene rings is 2. The summed E-state index contributed by atoms with van der Waals surface area (Å²) in [5.74, 6) is 0.643. The summed E-state index contributed by atoms with van der Waals surface area (Å²) in [5.41, 5.74) is 2.88. The minimum atomic E-state index is -3.52. The zero-order chi connectivity index (χ0) is 30.8. The summed E-state index contributed by atoms with van der Waals surface area (Å²) in [6.07, 6.45) is 4.88. The first-order valence-corrected chi connectivity index (χ1v) is 18.2. The third kappa shape index (κ3) is 7.88. The van der Waals surface area contributed by atoms with Gasteiger partial charge in [0.2, 0.25) is 26.0 Å². The lowest BCUT2D eigenvalue weighted by atomic mass is 10.0. The largest absolute Gasteiger partial charge is 0.370 e. The molecule has 12 nitrogen and oxygen atoms in total. The summed E-state index contributed by atoms with van der Waals surface area (Å²) in [6, 6.07) is 13.0. The number of rotatable bonds is 12. The Morgan fingerprint density at radius 1 is 0.930 bits per heavy atom. The van der Waals surface area contributed by atoms with Gasteiger partial charge < -0.3 is 20.4 Å². The average Bonchev–Trinajstić information content (AvgIpc) is 3.83. The molecular weight excluding hydrogens is 656 g/mol. The smallest absolute Gasteiger partial charge is 0.235 e. The zero-order valence-electron chi connectivity index (χ0n) is 24.3. The summed E-state index contributed by atoms with van der Waals surface area (Å²) < 4.78 is 56.3. The van der Waals surface area contributed by atoms with Crippen molar-refractivity contribution in [3.63, 3.8) is 0 Å². The minimum Gasteiger partial charge on any atom is -0.370 e. The molecule has 2 heterocycles. The van der Waals surface area contributed by atoms with E-state index in [0.29, 0.717) is 51.9 Å². The van der Waals surface area contributed by atoms with Gasteiger partial charge in [0.05, 0.1) is 38.2 Å². The molecule has 2 fully saturated rings. The molecule has 15 heteroatoms. The lowest BCUT2D eigenvalue weighted by molar-refractivity contribution is 0.250. The van der Waals surface area contributed by atoms with Gasteiger partial charge in [0, 0.05) is 31.0 Å². The van der Waals surface area contributed by atoms with Crippen LogP contribution in [0.1, 0.15) is 32.6 Å². The molecule has 1 aromatic heterocycles. The summed E-state index contributed by atoms with van der Waals surface area (Å²) in [7, 11) is -2.80. The van der Waals surface area contributed by atoms with Crippen LogP contribution >= 0.6 is 15.9 Å². The number of para-hydroxylation sites is 2. The van der Waals surface area contributed by atoms with Crippen molar-refractivity contribution in [1.29, 1.82) is 0 Å². The maximum atomic E-state index is 12.6. The Morgan fingerprint density at radius 2 is 1.63 bits per heavy atom. The second kappa shape index (κ2) is 12.8. The van der Waals surface area contributed by atoms with Crippen LogP contribution in [0.2, 0.25) is 0 Å². The predicted octanol–water partition coefficient (Wildman–Crippen LogP) is 4.92.